The number of rotatable bonds is 4. The Morgan fingerprint density at radius 3 is 1.14 bits per heavy atom. The molecule has 2 atom stereocenters. The molecular formula is C24H20Cl4N4O4. The highest BCUT2D eigenvalue weighted by Crippen LogP contribution is 2.33. The maximum absolute atomic E-state index is 13.2. The Morgan fingerprint density at radius 1 is 0.528 bits per heavy atom. The van der Waals surface area contributed by atoms with Gasteiger partial charge in [-0.1, -0.05) is 46.4 Å². The normalized spacial score (nSPS) is 23.9. The lowest BCUT2D eigenvalue weighted by Crippen LogP contribution is -2.56. The van der Waals surface area contributed by atoms with Crippen LogP contribution in [-0.4, -0.2) is 71.7 Å². The Morgan fingerprint density at radius 2 is 0.833 bits per heavy atom. The Balaban J connectivity index is 1.25. The molecule has 3 heterocycles. The monoisotopic (exact) mass is 568 g/mol. The van der Waals surface area contributed by atoms with E-state index in [4.69, 9.17) is 46.4 Å². The van der Waals surface area contributed by atoms with Crippen LogP contribution < -0.4 is 9.80 Å². The summed E-state index contributed by atoms with van der Waals surface area (Å²) in [4.78, 5) is 57.9. The van der Waals surface area contributed by atoms with Gasteiger partial charge in [-0.2, -0.15) is 0 Å². The summed E-state index contributed by atoms with van der Waals surface area (Å²) in [5, 5.41) is 1.33. The molecule has 5 rings (SSSR count). The molecule has 0 aliphatic carbocycles. The zero-order valence-corrected chi connectivity index (χ0v) is 21.8. The number of carbonyl (C=O) groups excluding carboxylic acids is 4. The van der Waals surface area contributed by atoms with Crippen LogP contribution in [0.5, 0.6) is 0 Å². The van der Waals surface area contributed by atoms with Crippen molar-refractivity contribution in [2.75, 3.05) is 36.0 Å². The van der Waals surface area contributed by atoms with E-state index in [1.807, 2.05) is 9.80 Å². The molecule has 4 amide bonds. The minimum atomic E-state index is -0.608. The zero-order chi connectivity index (χ0) is 25.7. The molecule has 0 N–H and O–H groups in total. The van der Waals surface area contributed by atoms with Gasteiger partial charge in [0.05, 0.1) is 36.3 Å². The molecule has 0 unspecified atom stereocenters. The number of benzene rings is 2. The molecule has 12 heteroatoms. The minimum absolute atomic E-state index is 0.0487. The third-order valence-electron chi connectivity index (χ3n) is 6.69. The molecule has 8 nitrogen and oxygen atoms in total. The Labute approximate surface area is 227 Å². The van der Waals surface area contributed by atoms with E-state index in [0.717, 1.165) is 9.80 Å². The number of amides is 4. The van der Waals surface area contributed by atoms with Crippen LogP contribution in [-0.2, 0) is 19.2 Å². The second kappa shape index (κ2) is 9.93. The van der Waals surface area contributed by atoms with Crippen LogP contribution in [0.2, 0.25) is 20.1 Å². The minimum Gasteiger partial charge on any atom is -0.289 e. The maximum Gasteiger partial charge on any atom is 0.251 e. The van der Waals surface area contributed by atoms with Gasteiger partial charge < -0.3 is 0 Å². The highest BCUT2D eigenvalue weighted by atomic mass is 35.5. The van der Waals surface area contributed by atoms with Gasteiger partial charge in [0.1, 0.15) is 0 Å². The Hall–Kier alpha value is -2.20. The highest BCUT2D eigenvalue weighted by molar-refractivity contribution is 6.36. The molecule has 3 aliphatic heterocycles. The Kier molecular flexibility index (Phi) is 7.02. The third-order valence-corrected chi connectivity index (χ3v) is 7.56. The van der Waals surface area contributed by atoms with Gasteiger partial charge in [-0.3, -0.25) is 29.0 Å². The molecule has 2 aromatic carbocycles. The fraction of sp³-hybridized carbons (Fsp3) is 0.333. The quantitative estimate of drug-likeness (QED) is 0.520. The molecule has 2 aromatic rings. The van der Waals surface area contributed by atoms with Crippen LogP contribution in [0.25, 0.3) is 0 Å². The van der Waals surface area contributed by atoms with E-state index in [2.05, 4.69) is 0 Å². The smallest absolute Gasteiger partial charge is 0.251 e. The predicted molar refractivity (Wildman–Crippen MR) is 138 cm³/mol. The standard InChI is InChI=1S/C24H20Cl4N4O4/c25-13-5-14(26)8-17(7-13)31-21(33)11-19(23(31)35)29-1-2-30(4-3-29)20-12-22(34)32(24(20)36)18-9-15(27)6-16(28)10-18/h5-10,19-20H,1-4,11-12H2/t19-,20-/m0/s1. The van der Waals surface area contributed by atoms with Crippen molar-refractivity contribution in [1.82, 2.24) is 9.80 Å². The summed E-state index contributed by atoms with van der Waals surface area (Å²) in [6, 6.07) is 7.98. The van der Waals surface area contributed by atoms with Crippen molar-refractivity contribution >= 4 is 81.4 Å². The van der Waals surface area contributed by atoms with Crippen LogP contribution in [0.4, 0.5) is 11.4 Å². The predicted octanol–water partition coefficient (Wildman–Crippen LogP) is 3.88. The molecule has 188 valence electrons. The average Bonchev–Trinajstić information content (AvgIpc) is 3.26. The van der Waals surface area contributed by atoms with E-state index >= 15 is 0 Å². The van der Waals surface area contributed by atoms with Gasteiger partial charge in [-0.15, -0.1) is 0 Å². The molecule has 0 saturated carbocycles. The molecule has 3 aliphatic rings. The Bertz CT molecular complexity index is 1140. The average molecular weight is 570 g/mol. The van der Waals surface area contributed by atoms with Crippen molar-refractivity contribution in [3.05, 3.63) is 56.5 Å². The summed E-state index contributed by atoms with van der Waals surface area (Å²) >= 11 is 24.2. The molecule has 0 spiro atoms. The van der Waals surface area contributed by atoms with Crippen molar-refractivity contribution < 1.29 is 19.2 Å². The van der Waals surface area contributed by atoms with Crippen molar-refractivity contribution in [1.29, 1.82) is 0 Å². The lowest BCUT2D eigenvalue weighted by molar-refractivity contribution is -0.126. The van der Waals surface area contributed by atoms with Gasteiger partial charge in [0.2, 0.25) is 11.8 Å². The van der Waals surface area contributed by atoms with E-state index < -0.39 is 12.1 Å². The van der Waals surface area contributed by atoms with Crippen molar-refractivity contribution in [3.8, 4) is 0 Å². The lowest BCUT2D eigenvalue weighted by Gasteiger charge is -2.38. The molecular weight excluding hydrogens is 550 g/mol. The summed E-state index contributed by atoms with van der Waals surface area (Å²) in [5.41, 5.74) is 0.694. The van der Waals surface area contributed by atoms with Gasteiger partial charge in [-0.05, 0) is 36.4 Å². The summed E-state index contributed by atoms with van der Waals surface area (Å²) in [5.74, 6) is -1.30. The largest absolute Gasteiger partial charge is 0.289 e. The number of nitrogens with zero attached hydrogens (tertiary/aromatic N) is 4. The van der Waals surface area contributed by atoms with Crippen LogP contribution in [0, 0.1) is 0 Å². The van der Waals surface area contributed by atoms with Gasteiger partial charge in [0.25, 0.3) is 11.8 Å². The summed E-state index contributed by atoms with van der Waals surface area (Å²) < 4.78 is 0. The zero-order valence-electron chi connectivity index (χ0n) is 18.8. The number of imide groups is 2. The van der Waals surface area contributed by atoms with Gasteiger partial charge in [0, 0.05) is 46.3 Å². The fourth-order valence-electron chi connectivity index (χ4n) is 5.04. The number of hydrogen-bond acceptors (Lipinski definition) is 6. The first kappa shape index (κ1) is 25.4. The number of halogens is 4. The van der Waals surface area contributed by atoms with Crippen LogP contribution >= 0.6 is 46.4 Å². The molecule has 0 bridgehead atoms. The molecule has 0 aromatic heterocycles. The second-order valence-electron chi connectivity index (χ2n) is 8.90. The summed E-state index contributed by atoms with van der Waals surface area (Å²) in [7, 11) is 0. The van der Waals surface area contributed by atoms with Gasteiger partial charge in [-0.25, -0.2) is 9.80 Å². The van der Waals surface area contributed by atoms with Crippen molar-refractivity contribution in [2.45, 2.75) is 24.9 Å². The van der Waals surface area contributed by atoms with E-state index in [1.54, 1.807) is 0 Å². The molecule has 3 fully saturated rings. The summed E-state index contributed by atoms with van der Waals surface area (Å²) in [6.07, 6.45) is 0.0974. The lowest BCUT2D eigenvalue weighted by atomic mass is 10.1. The first-order valence-corrected chi connectivity index (χ1v) is 12.8. The van der Waals surface area contributed by atoms with Crippen LogP contribution in [0.3, 0.4) is 0 Å². The fourth-order valence-corrected chi connectivity index (χ4v) is 6.07. The molecule has 3 saturated heterocycles. The third kappa shape index (κ3) is 4.74. The maximum atomic E-state index is 13.2. The highest BCUT2D eigenvalue weighted by Gasteiger charge is 2.46. The second-order valence-corrected chi connectivity index (χ2v) is 10.6. The van der Waals surface area contributed by atoms with E-state index in [0.29, 0.717) is 57.6 Å². The molecule has 36 heavy (non-hydrogen) atoms. The number of anilines is 2. The van der Waals surface area contributed by atoms with Gasteiger partial charge >= 0.3 is 0 Å². The number of carbonyl (C=O) groups is 4. The molecule has 0 radical (unpaired) electrons. The van der Waals surface area contributed by atoms with Crippen LogP contribution in [0.1, 0.15) is 12.8 Å². The number of hydrogen-bond donors (Lipinski definition) is 0. The topological polar surface area (TPSA) is 81.2 Å². The van der Waals surface area contributed by atoms with Gasteiger partial charge in [0.15, 0.2) is 0 Å². The van der Waals surface area contributed by atoms with Crippen molar-refractivity contribution in [2.24, 2.45) is 0 Å². The van der Waals surface area contributed by atoms with E-state index in [-0.39, 0.29) is 36.5 Å². The first-order chi connectivity index (χ1) is 17.1. The van der Waals surface area contributed by atoms with Crippen molar-refractivity contribution in [3.63, 3.8) is 0 Å². The van der Waals surface area contributed by atoms with Crippen LogP contribution in [0.15, 0.2) is 36.4 Å². The summed E-state index contributed by atoms with van der Waals surface area (Å²) in [6.45, 7) is 1.87. The van der Waals surface area contributed by atoms with E-state index in [9.17, 15) is 19.2 Å². The van der Waals surface area contributed by atoms with E-state index in [1.165, 1.54) is 36.4 Å². The number of piperazine rings is 1. The first-order valence-electron chi connectivity index (χ1n) is 11.3. The SMILES string of the molecule is O=C1C[C@H](N2CCN([C@H]3CC(=O)N(c4cc(Cl)cc(Cl)c4)C3=O)CC2)C(=O)N1c1cc(Cl)cc(Cl)c1.